The first-order valence-electron chi connectivity index (χ1n) is 6.69. The second-order valence-electron chi connectivity index (χ2n) is 4.79. The number of carbonyl (C=O) groups excluding carboxylic acids is 1. The standard InChI is InChI=1S/C16H17N3O3/c1-11-6-12(2)8-14(7-11)21-10-15(20)22-19-16(17)13-4-3-5-18-9-13/h3-9H,10H2,1-2H3,(H2,17,19). The molecule has 114 valence electrons. The first-order valence-corrected chi connectivity index (χ1v) is 6.69. The maximum Gasteiger partial charge on any atom is 0.372 e. The van der Waals surface area contributed by atoms with Crippen molar-refractivity contribution in [3.05, 3.63) is 59.4 Å². The van der Waals surface area contributed by atoms with E-state index in [1.807, 2.05) is 32.0 Å². The van der Waals surface area contributed by atoms with Crippen LogP contribution in [0.3, 0.4) is 0 Å². The summed E-state index contributed by atoms with van der Waals surface area (Å²) in [7, 11) is 0. The Labute approximate surface area is 128 Å². The second kappa shape index (κ2) is 7.21. The Balaban J connectivity index is 1.88. The van der Waals surface area contributed by atoms with Gasteiger partial charge in [0, 0.05) is 18.0 Å². The van der Waals surface area contributed by atoms with Gasteiger partial charge in [0.05, 0.1) is 0 Å². The highest BCUT2D eigenvalue weighted by Gasteiger charge is 2.06. The highest BCUT2D eigenvalue weighted by atomic mass is 16.7. The van der Waals surface area contributed by atoms with Crippen molar-refractivity contribution in [1.29, 1.82) is 0 Å². The molecule has 1 aromatic heterocycles. The van der Waals surface area contributed by atoms with Crippen molar-refractivity contribution < 1.29 is 14.4 Å². The number of benzene rings is 1. The minimum atomic E-state index is -0.633. The first-order chi connectivity index (χ1) is 10.5. The van der Waals surface area contributed by atoms with Crippen molar-refractivity contribution in [3.63, 3.8) is 0 Å². The molecule has 0 radical (unpaired) electrons. The van der Waals surface area contributed by atoms with E-state index in [0.29, 0.717) is 11.3 Å². The largest absolute Gasteiger partial charge is 0.482 e. The Bertz CT molecular complexity index is 664. The summed E-state index contributed by atoms with van der Waals surface area (Å²) in [6, 6.07) is 9.12. The molecular formula is C16H17N3O3. The molecule has 2 rings (SSSR count). The highest BCUT2D eigenvalue weighted by molar-refractivity contribution is 5.97. The molecule has 2 aromatic rings. The SMILES string of the molecule is Cc1cc(C)cc(OCC(=O)O/N=C(\N)c2cccnc2)c1. The topological polar surface area (TPSA) is 86.8 Å². The van der Waals surface area contributed by atoms with Crippen LogP contribution in [-0.2, 0) is 9.63 Å². The maximum absolute atomic E-state index is 11.6. The van der Waals surface area contributed by atoms with E-state index >= 15 is 0 Å². The number of hydrogen-bond acceptors (Lipinski definition) is 5. The molecule has 0 amide bonds. The lowest BCUT2D eigenvalue weighted by Crippen LogP contribution is -2.18. The summed E-state index contributed by atoms with van der Waals surface area (Å²) in [5.41, 5.74) is 8.37. The molecule has 6 nitrogen and oxygen atoms in total. The number of pyridine rings is 1. The Kier molecular flexibility index (Phi) is 5.08. The van der Waals surface area contributed by atoms with Gasteiger partial charge in [-0.05, 0) is 49.2 Å². The number of nitrogens with two attached hydrogens (primary N) is 1. The van der Waals surface area contributed by atoms with Gasteiger partial charge in [-0.25, -0.2) is 4.79 Å². The zero-order valence-electron chi connectivity index (χ0n) is 12.4. The zero-order valence-corrected chi connectivity index (χ0v) is 12.4. The first kappa shape index (κ1) is 15.5. The van der Waals surface area contributed by atoms with Crippen molar-refractivity contribution in [3.8, 4) is 5.75 Å². The Morgan fingerprint density at radius 2 is 2.00 bits per heavy atom. The van der Waals surface area contributed by atoms with Gasteiger partial charge >= 0.3 is 5.97 Å². The van der Waals surface area contributed by atoms with Crippen LogP contribution in [0.5, 0.6) is 5.75 Å². The summed E-state index contributed by atoms with van der Waals surface area (Å²) < 4.78 is 5.37. The molecule has 0 unspecified atom stereocenters. The normalized spacial score (nSPS) is 11.1. The van der Waals surface area contributed by atoms with E-state index in [0.717, 1.165) is 11.1 Å². The van der Waals surface area contributed by atoms with Gasteiger partial charge in [0.25, 0.3) is 0 Å². The predicted molar refractivity (Wildman–Crippen MR) is 82.5 cm³/mol. The van der Waals surface area contributed by atoms with Crippen LogP contribution in [0.1, 0.15) is 16.7 Å². The number of aromatic nitrogens is 1. The summed E-state index contributed by atoms with van der Waals surface area (Å²) >= 11 is 0. The third-order valence-electron chi connectivity index (χ3n) is 2.76. The van der Waals surface area contributed by atoms with Gasteiger partial charge in [-0.1, -0.05) is 11.2 Å². The molecule has 0 atom stereocenters. The average molecular weight is 299 g/mol. The molecule has 0 aliphatic rings. The van der Waals surface area contributed by atoms with Crippen molar-refractivity contribution in [2.45, 2.75) is 13.8 Å². The number of aryl methyl sites for hydroxylation is 2. The molecular weight excluding hydrogens is 282 g/mol. The predicted octanol–water partition coefficient (Wildman–Crippen LogP) is 1.94. The molecule has 0 aliphatic heterocycles. The third kappa shape index (κ3) is 4.59. The van der Waals surface area contributed by atoms with Gasteiger partial charge in [0.1, 0.15) is 5.75 Å². The Hall–Kier alpha value is -2.89. The van der Waals surface area contributed by atoms with Gasteiger partial charge in [-0.2, -0.15) is 0 Å². The lowest BCUT2D eigenvalue weighted by Gasteiger charge is -2.06. The van der Waals surface area contributed by atoms with Gasteiger partial charge in [-0.15, -0.1) is 0 Å². The van der Waals surface area contributed by atoms with E-state index in [4.69, 9.17) is 15.3 Å². The molecule has 1 aromatic carbocycles. The van der Waals surface area contributed by atoms with Crippen LogP contribution >= 0.6 is 0 Å². The smallest absolute Gasteiger partial charge is 0.372 e. The minimum absolute atomic E-state index is 0.0767. The van der Waals surface area contributed by atoms with Crippen LogP contribution in [0.25, 0.3) is 0 Å². The molecule has 0 bridgehead atoms. The van der Waals surface area contributed by atoms with E-state index in [-0.39, 0.29) is 12.4 Å². The van der Waals surface area contributed by atoms with E-state index in [1.54, 1.807) is 18.3 Å². The van der Waals surface area contributed by atoms with Crippen LogP contribution in [0, 0.1) is 13.8 Å². The molecule has 0 spiro atoms. The number of carbonyl (C=O) groups is 1. The summed E-state index contributed by atoms with van der Waals surface area (Å²) in [6.07, 6.45) is 3.14. The lowest BCUT2D eigenvalue weighted by molar-refractivity contribution is -0.146. The van der Waals surface area contributed by atoms with Crippen molar-refractivity contribution in [2.75, 3.05) is 6.61 Å². The average Bonchev–Trinajstić information content (AvgIpc) is 2.50. The fourth-order valence-electron chi connectivity index (χ4n) is 1.85. The fourth-order valence-corrected chi connectivity index (χ4v) is 1.85. The van der Waals surface area contributed by atoms with Crippen LogP contribution in [0.4, 0.5) is 0 Å². The van der Waals surface area contributed by atoms with Gasteiger partial charge in [0.2, 0.25) is 0 Å². The third-order valence-corrected chi connectivity index (χ3v) is 2.76. The van der Waals surface area contributed by atoms with Crippen LogP contribution in [0.2, 0.25) is 0 Å². The van der Waals surface area contributed by atoms with E-state index in [1.165, 1.54) is 6.20 Å². The molecule has 0 aliphatic carbocycles. The van der Waals surface area contributed by atoms with Crippen LogP contribution < -0.4 is 10.5 Å². The molecule has 22 heavy (non-hydrogen) atoms. The van der Waals surface area contributed by atoms with Crippen LogP contribution in [0.15, 0.2) is 47.9 Å². The van der Waals surface area contributed by atoms with E-state index < -0.39 is 5.97 Å². The molecule has 1 heterocycles. The van der Waals surface area contributed by atoms with Gasteiger partial charge in [-0.3, -0.25) is 4.98 Å². The fraction of sp³-hybridized carbons (Fsp3) is 0.188. The number of oxime groups is 1. The van der Waals surface area contributed by atoms with Crippen LogP contribution in [-0.4, -0.2) is 23.4 Å². The number of nitrogens with zero attached hydrogens (tertiary/aromatic N) is 2. The number of rotatable bonds is 5. The summed E-state index contributed by atoms with van der Waals surface area (Å²) in [5.74, 6) is 0.0533. The second-order valence-corrected chi connectivity index (χ2v) is 4.79. The molecule has 2 N–H and O–H groups in total. The molecule has 6 heteroatoms. The van der Waals surface area contributed by atoms with Crippen molar-refractivity contribution >= 4 is 11.8 Å². The minimum Gasteiger partial charge on any atom is -0.482 e. The number of hydrogen-bond donors (Lipinski definition) is 1. The highest BCUT2D eigenvalue weighted by Crippen LogP contribution is 2.16. The number of amidine groups is 1. The summed E-state index contributed by atoms with van der Waals surface area (Å²) in [5, 5.41) is 3.57. The summed E-state index contributed by atoms with van der Waals surface area (Å²) in [4.78, 5) is 20.2. The Morgan fingerprint density at radius 1 is 1.27 bits per heavy atom. The van der Waals surface area contributed by atoms with E-state index in [2.05, 4.69) is 10.1 Å². The quantitative estimate of drug-likeness (QED) is 0.394. The molecule has 0 saturated heterocycles. The van der Waals surface area contributed by atoms with Crippen molar-refractivity contribution in [1.82, 2.24) is 4.98 Å². The van der Waals surface area contributed by atoms with Gasteiger partial charge < -0.3 is 15.3 Å². The zero-order chi connectivity index (χ0) is 15.9. The van der Waals surface area contributed by atoms with E-state index in [9.17, 15) is 4.79 Å². The van der Waals surface area contributed by atoms with Crippen molar-refractivity contribution in [2.24, 2.45) is 10.9 Å². The number of ether oxygens (including phenoxy) is 1. The molecule has 0 fully saturated rings. The van der Waals surface area contributed by atoms with Gasteiger partial charge in [0.15, 0.2) is 12.4 Å². The maximum atomic E-state index is 11.6. The summed E-state index contributed by atoms with van der Waals surface area (Å²) in [6.45, 7) is 3.67. The lowest BCUT2D eigenvalue weighted by atomic mass is 10.1. The monoisotopic (exact) mass is 299 g/mol. The molecule has 0 saturated carbocycles. The Morgan fingerprint density at radius 3 is 2.64 bits per heavy atom.